The monoisotopic (exact) mass is 551 g/mol. The molecule has 1 heterocycles. The second-order valence-corrected chi connectivity index (χ2v) is 12.4. The number of hydrogen-bond donors (Lipinski definition) is 1. The van der Waals surface area contributed by atoms with E-state index in [1.54, 1.807) is 0 Å². The molecule has 2 aliphatic carbocycles. The molecule has 0 aliphatic heterocycles. The highest BCUT2D eigenvalue weighted by atomic mass is 16.3. The van der Waals surface area contributed by atoms with Gasteiger partial charge in [-0.2, -0.15) is 0 Å². The Bertz CT molecular complexity index is 2250. The van der Waals surface area contributed by atoms with E-state index < -0.39 is 5.41 Å². The van der Waals surface area contributed by atoms with Crippen molar-refractivity contribution in [3.63, 3.8) is 0 Å². The minimum absolute atomic E-state index is 0.141. The van der Waals surface area contributed by atoms with Crippen LogP contribution in [0.1, 0.15) is 52.8 Å². The van der Waals surface area contributed by atoms with Crippen LogP contribution in [0.2, 0.25) is 0 Å². The molecule has 0 saturated carbocycles. The predicted molar refractivity (Wildman–Crippen MR) is 176 cm³/mol. The van der Waals surface area contributed by atoms with Crippen LogP contribution in [0.25, 0.3) is 44.2 Å². The predicted octanol–water partition coefficient (Wildman–Crippen LogP) is 10.3. The Hall–Kier alpha value is -5.21. The van der Waals surface area contributed by atoms with Crippen LogP contribution in [0.5, 0.6) is 0 Å². The van der Waals surface area contributed by atoms with E-state index in [1.165, 1.54) is 45.2 Å². The van der Waals surface area contributed by atoms with Gasteiger partial charge in [0.2, 0.25) is 0 Å². The van der Waals surface area contributed by atoms with E-state index >= 15 is 0 Å². The van der Waals surface area contributed by atoms with Crippen LogP contribution in [-0.2, 0) is 10.8 Å². The van der Waals surface area contributed by atoms with Crippen molar-refractivity contribution in [1.29, 1.82) is 5.41 Å². The van der Waals surface area contributed by atoms with Crippen molar-refractivity contribution in [3.05, 3.63) is 166 Å². The molecule has 9 rings (SSSR count). The molecule has 0 fully saturated rings. The van der Waals surface area contributed by atoms with Crippen molar-refractivity contribution in [2.75, 3.05) is 0 Å². The third kappa shape index (κ3) is 2.95. The Balaban J connectivity index is 1.40. The van der Waals surface area contributed by atoms with Crippen LogP contribution in [0.15, 0.2) is 132 Å². The molecule has 1 aromatic heterocycles. The van der Waals surface area contributed by atoms with Gasteiger partial charge < -0.3 is 9.83 Å². The SMILES string of the molecule is CC1(C)c2ccccc2C2(c3ccc(-c4cccc5c4oc4ccccc45)cc3-c3c(C=N)cccc32)c2ccccc21. The molecule has 204 valence electrons. The highest BCUT2D eigenvalue weighted by molar-refractivity contribution is 6.10. The lowest BCUT2D eigenvalue weighted by atomic mass is 9.55. The van der Waals surface area contributed by atoms with Gasteiger partial charge in [-0.15, -0.1) is 0 Å². The van der Waals surface area contributed by atoms with Gasteiger partial charge in [-0.25, -0.2) is 0 Å². The van der Waals surface area contributed by atoms with Crippen LogP contribution >= 0.6 is 0 Å². The summed E-state index contributed by atoms with van der Waals surface area (Å²) < 4.78 is 6.46. The lowest BCUT2D eigenvalue weighted by Gasteiger charge is -2.46. The summed E-state index contributed by atoms with van der Waals surface area (Å²) in [5.74, 6) is 0. The number of hydrogen-bond acceptors (Lipinski definition) is 2. The van der Waals surface area contributed by atoms with Gasteiger partial charge in [0, 0.05) is 33.5 Å². The fourth-order valence-electron chi connectivity index (χ4n) is 8.25. The van der Waals surface area contributed by atoms with E-state index in [9.17, 15) is 0 Å². The van der Waals surface area contributed by atoms with Crippen molar-refractivity contribution < 1.29 is 4.42 Å². The van der Waals surface area contributed by atoms with E-state index in [0.717, 1.165) is 44.2 Å². The number of para-hydroxylation sites is 2. The number of furan rings is 1. The molecule has 1 N–H and O–H groups in total. The summed E-state index contributed by atoms with van der Waals surface area (Å²) in [7, 11) is 0. The molecule has 6 aromatic carbocycles. The first-order valence-corrected chi connectivity index (χ1v) is 14.9. The number of fused-ring (bicyclic) bond motifs is 12. The fraction of sp³-hybridized carbons (Fsp3) is 0.0976. The molecular formula is C41H29NO. The highest BCUT2D eigenvalue weighted by Gasteiger charge is 2.53. The van der Waals surface area contributed by atoms with E-state index in [-0.39, 0.29) is 5.41 Å². The van der Waals surface area contributed by atoms with Gasteiger partial charge in [-0.1, -0.05) is 129 Å². The lowest BCUT2D eigenvalue weighted by Crippen LogP contribution is -2.40. The summed E-state index contributed by atoms with van der Waals surface area (Å²) in [6.45, 7) is 4.69. The molecule has 0 unspecified atom stereocenters. The van der Waals surface area contributed by atoms with Crippen molar-refractivity contribution in [2.45, 2.75) is 24.7 Å². The molecule has 43 heavy (non-hydrogen) atoms. The van der Waals surface area contributed by atoms with Gasteiger partial charge in [0.05, 0.1) is 5.41 Å². The highest BCUT2D eigenvalue weighted by Crippen LogP contribution is 2.62. The van der Waals surface area contributed by atoms with E-state index in [4.69, 9.17) is 9.83 Å². The zero-order chi connectivity index (χ0) is 28.9. The maximum Gasteiger partial charge on any atom is 0.143 e. The molecule has 7 aromatic rings. The maximum absolute atomic E-state index is 8.46. The Morgan fingerprint density at radius 1 is 0.558 bits per heavy atom. The first kappa shape index (κ1) is 24.4. The Labute approximate surface area is 250 Å². The minimum atomic E-state index is -0.476. The summed E-state index contributed by atoms with van der Waals surface area (Å²) in [5.41, 5.74) is 14.5. The van der Waals surface area contributed by atoms with Crippen LogP contribution in [-0.4, -0.2) is 6.21 Å². The zero-order valence-corrected chi connectivity index (χ0v) is 24.1. The topological polar surface area (TPSA) is 37.0 Å². The summed E-state index contributed by atoms with van der Waals surface area (Å²) in [4.78, 5) is 0. The van der Waals surface area contributed by atoms with Crippen LogP contribution < -0.4 is 0 Å². The summed E-state index contributed by atoms with van der Waals surface area (Å²) >= 11 is 0. The fourth-order valence-corrected chi connectivity index (χ4v) is 8.25. The summed E-state index contributed by atoms with van der Waals surface area (Å²) in [6.07, 6.45) is 1.51. The van der Waals surface area contributed by atoms with Crippen molar-refractivity contribution in [2.24, 2.45) is 0 Å². The van der Waals surface area contributed by atoms with E-state index in [2.05, 4.69) is 129 Å². The molecular weight excluding hydrogens is 522 g/mol. The van der Waals surface area contributed by atoms with E-state index in [0.29, 0.717) is 0 Å². The summed E-state index contributed by atoms with van der Waals surface area (Å²) in [6, 6.07) is 46.1. The smallest absolute Gasteiger partial charge is 0.143 e. The molecule has 0 radical (unpaired) electrons. The van der Waals surface area contributed by atoms with Crippen LogP contribution in [0.3, 0.4) is 0 Å². The first-order valence-electron chi connectivity index (χ1n) is 14.9. The normalized spacial score (nSPS) is 15.2. The maximum atomic E-state index is 8.46. The molecule has 0 atom stereocenters. The average molecular weight is 552 g/mol. The van der Waals surface area contributed by atoms with Gasteiger partial charge >= 0.3 is 0 Å². The molecule has 2 nitrogen and oxygen atoms in total. The molecule has 0 saturated heterocycles. The van der Waals surface area contributed by atoms with Gasteiger partial charge in [-0.3, -0.25) is 0 Å². The Morgan fingerprint density at radius 3 is 1.93 bits per heavy atom. The minimum Gasteiger partial charge on any atom is -0.455 e. The Morgan fingerprint density at radius 2 is 1.19 bits per heavy atom. The van der Waals surface area contributed by atoms with Crippen molar-refractivity contribution in [3.8, 4) is 22.3 Å². The molecule has 2 aliphatic rings. The van der Waals surface area contributed by atoms with Crippen LogP contribution in [0, 0.1) is 5.41 Å². The first-order chi connectivity index (χ1) is 21.0. The Kier molecular flexibility index (Phi) is 4.78. The third-order valence-corrected chi connectivity index (χ3v) is 10.1. The second-order valence-electron chi connectivity index (χ2n) is 12.4. The number of benzene rings is 6. The van der Waals surface area contributed by atoms with Gasteiger partial charge in [0.1, 0.15) is 11.2 Å². The third-order valence-electron chi connectivity index (χ3n) is 10.1. The van der Waals surface area contributed by atoms with Gasteiger partial charge in [0.25, 0.3) is 0 Å². The molecule has 1 spiro atoms. The van der Waals surface area contributed by atoms with Crippen molar-refractivity contribution in [1.82, 2.24) is 0 Å². The van der Waals surface area contributed by atoms with E-state index in [1.807, 2.05) is 12.1 Å². The molecule has 2 heteroatoms. The molecule has 0 amide bonds. The number of rotatable bonds is 2. The zero-order valence-electron chi connectivity index (χ0n) is 24.1. The summed E-state index contributed by atoms with van der Waals surface area (Å²) in [5, 5.41) is 10.7. The second kappa shape index (κ2) is 8.42. The number of nitrogens with one attached hydrogen (secondary N) is 1. The van der Waals surface area contributed by atoms with Crippen molar-refractivity contribution >= 4 is 28.2 Å². The van der Waals surface area contributed by atoms with Gasteiger partial charge in [-0.05, 0) is 62.2 Å². The van der Waals surface area contributed by atoms with Gasteiger partial charge in [0.15, 0.2) is 0 Å². The lowest BCUT2D eigenvalue weighted by molar-refractivity contribution is 0.563. The standard InChI is InChI=1S/C41H29NO/c1-40(2)32-15-4-6-17-34(32)41(35-18-7-5-16-33(35)40)31-22-21-25(23-30(31)38-26(24-42)11-9-19-36(38)41)27-13-10-14-29-28-12-3-8-20-37(28)43-39(27)29/h3-24,42H,1-2H3. The van der Waals surface area contributed by atoms with Crippen LogP contribution in [0.4, 0.5) is 0 Å². The molecule has 0 bridgehead atoms. The average Bonchev–Trinajstić information content (AvgIpc) is 3.58. The largest absolute Gasteiger partial charge is 0.455 e. The quantitative estimate of drug-likeness (QED) is 0.213.